The number of carbonyl (C=O) groups is 2. The summed E-state index contributed by atoms with van der Waals surface area (Å²) in [4.78, 5) is 21.7. The number of furan rings is 1. The molecule has 18 heavy (non-hydrogen) atoms. The summed E-state index contributed by atoms with van der Waals surface area (Å²) in [7, 11) is 0. The summed E-state index contributed by atoms with van der Waals surface area (Å²) in [5.74, 6) is -1.15. The monoisotopic (exact) mass is 266 g/mol. The molecule has 1 aromatic rings. The molecule has 2 heterocycles. The number of carboxylic acids is 1. The number of carbonyl (C=O) groups excluding carboxylic acids is 2. The van der Waals surface area contributed by atoms with Crippen LogP contribution in [0, 0.1) is 0 Å². The molecule has 1 atom stereocenters. The summed E-state index contributed by atoms with van der Waals surface area (Å²) in [5.41, 5.74) is 0. The number of rotatable bonds is 4. The average molecular weight is 266 g/mol. The van der Waals surface area contributed by atoms with Crippen molar-refractivity contribution in [1.82, 2.24) is 5.32 Å². The number of aliphatic carboxylic acids is 1. The van der Waals surface area contributed by atoms with E-state index >= 15 is 0 Å². The van der Waals surface area contributed by atoms with E-state index in [1.54, 1.807) is 12.1 Å². The Kier molecular flexibility index (Phi) is 3.78. The Labute approximate surface area is 106 Å². The van der Waals surface area contributed by atoms with Gasteiger partial charge < -0.3 is 19.6 Å². The molecule has 0 aromatic carbocycles. The SMILES string of the molecule is O=C([O-])C[C@@H]1S/C(=N\N=C/c2ccco2)NC1=O. The summed E-state index contributed by atoms with van der Waals surface area (Å²) in [6.45, 7) is 0. The first kappa shape index (κ1) is 12.4. The van der Waals surface area contributed by atoms with Crippen LogP contribution in [0.1, 0.15) is 12.2 Å². The maximum absolute atomic E-state index is 11.3. The third kappa shape index (κ3) is 3.20. The van der Waals surface area contributed by atoms with Crippen LogP contribution in [0.5, 0.6) is 0 Å². The second-order valence-corrected chi connectivity index (χ2v) is 4.53. The van der Waals surface area contributed by atoms with Crippen molar-refractivity contribution in [2.75, 3.05) is 0 Å². The van der Waals surface area contributed by atoms with Crippen LogP contribution < -0.4 is 10.4 Å². The fraction of sp³-hybridized carbons (Fsp3) is 0.200. The van der Waals surface area contributed by atoms with Crippen LogP contribution in [0.15, 0.2) is 33.0 Å². The molecular formula is C10H8N3O4S-. The van der Waals surface area contributed by atoms with E-state index in [1.807, 2.05) is 0 Å². The number of amides is 1. The molecule has 7 nitrogen and oxygen atoms in total. The molecule has 1 aromatic heterocycles. The highest BCUT2D eigenvalue weighted by Crippen LogP contribution is 2.21. The van der Waals surface area contributed by atoms with E-state index in [-0.39, 0.29) is 11.6 Å². The third-order valence-electron chi connectivity index (χ3n) is 2.01. The third-order valence-corrected chi connectivity index (χ3v) is 3.08. The zero-order chi connectivity index (χ0) is 13.0. The first-order chi connectivity index (χ1) is 8.65. The fourth-order valence-corrected chi connectivity index (χ4v) is 2.15. The number of carboxylic acid groups (broad SMARTS) is 1. The second-order valence-electron chi connectivity index (χ2n) is 3.34. The Morgan fingerprint density at radius 2 is 2.50 bits per heavy atom. The summed E-state index contributed by atoms with van der Waals surface area (Å²) in [6.07, 6.45) is 2.53. The van der Waals surface area contributed by atoms with Gasteiger partial charge in [0.1, 0.15) is 5.76 Å². The van der Waals surface area contributed by atoms with Gasteiger partial charge in [0.25, 0.3) is 0 Å². The normalized spacial score (nSPS) is 21.7. The lowest BCUT2D eigenvalue weighted by Crippen LogP contribution is -2.31. The van der Waals surface area contributed by atoms with E-state index < -0.39 is 17.1 Å². The Bertz CT molecular complexity index is 509. The number of thioether (sulfide) groups is 1. The molecule has 1 aliphatic heterocycles. The number of nitrogens with one attached hydrogen (secondary N) is 1. The van der Waals surface area contributed by atoms with Gasteiger partial charge in [0.2, 0.25) is 5.91 Å². The van der Waals surface area contributed by atoms with Gasteiger partial charge in [0.15, 0.2) is 5.17 Å². The maximum atomic E-state index is 11.3. The van der Waals surface area contributed by atoms with Gasteiger partial charge >= 0.3 is 0 Å². The average Bonchev–Trinajstić information content (AvgIpc) is 2.90. The molecule has 2 rings (SSSR count). The van der Waals surface area contributed by atoms with E-state index in [1.165, 1.54) is 12.5 Å². The van der Waals surface area contributed by atoms with E-state index in [4.69, 9.17) is 4.42 Å². The lowest BCUT2D eigenvalue weighted by Gasteiger charge is -2.04. The zero-order valence-corrected chi connectivity index (χ0v) is 9.85. The van der Waals surface area contributed by atoms with Gasteiger partial charge in [-0.3, -0.25) is 4.79 Å². The van der Waals surface area contributed by atoms with E-state index in [0.717, 1.165) is 11.8 Å². The van der Waals surface area contributed by atoms with E-state index in [9.17, 15) is 14.7 Å². The van der Waals surface area contributed by atoms with Gasteiger partial charge in [-0.15, -0.1) is 5.10 Å². The first-order valence-corrected chi connectivity index (χ1v) is 5.85. The van der Waals surface area contributed by atoms with Crippen molar-refractivity contribution in [3.8, 4) is 0 Å². The van der Waals surface area contributed by atoms with Gasteiger partial charge in [0, 0.05) is 12.4 Å². The van der Waals surface area contributed by atoms with Crippen LogP contribution in [0.4, 0.5) is 0 Å². The van der Waals surface area contributed by atoms with Gasteiger partial charge in [-0.1, -0.05) is 11.8 Å². The molecule has 0 spiro atoms. The van der Waals surface area contributed by atoms with Crippen LogP contribution in [-0.4, -0.2) is 28.5 Å². The van der Waals surface area contributed by atoms with Crippen LogP contribution >= 0.6 is 11.8 Å². The summed E-state index contributed by atoms with van der Waals surface area (Å²) in [5, 5.41) is 19.8. The highest BCUT2D eigenvalue weighted by molar-refractivity contribution is 8.15. The molecule has 0 unspecified atom stereocenters. The molecule has 94 valence electrons. The topological polar surface area (TPSA) is 107 Å². The summed E-state index contributed by atoms with van der Waals surface area (Å²) >= 11 is 1.01. The number of hydrogen-bond acceptors (Lipinski definition) is 7. The Hall–Kier alpha value is -2.09. The molecule has 1 amide bonds. The van der Waals surface area contributed by atoms with Crippen molar-refractivity contribution < 1.29 is 19.1 Å². The highest BCUT2D eigenvalue weighted by Gasteiger charge is 2.30. The van der Waals surface area contributed by atoms with E-state index in [2.05, 4.69) is 15.5 Å². The quantitative estimate of drug-likeness (QED) is 0.575. The van der Waals surface area contributed by atoms with Crippen molar-refractivity contribution >= 4 is 35.0 Å². The molecule has 8 heteroatoms. The number of amidine groups is 1. The number of hydrogen-bond donors (Lipinski definition) is 1. The molecule has 0 bridgehead atoms. The number of nitrogens with zero attached hydrogens (tertiary/aromatic N) is 2. The Morgan fingerprint density at radius 1 is 1.67 bits per heavy atom. The predicted octanol–water partition coefficient (Wildman–Crippen LogP) is -0.659. The van der Waals surface area contributed by atoms with Gasteiger partial charge in [-0.25, -0.2) is 0 Å². The molecule has 1 aliphatic rings. The minimum absolute atomic E-state index is 0.258. The maximum Gasteiger partial charge on any atom is 0.239 e. The minimum atomic E-state index is -1.28. The van der Waals surface area contributed by atoms with Crippen molar-refractivity contribution in [2.24, 2.45) is 10.2 Å². The second kappa shape index (κ2) is 5.50. The first-order valence-electron chi connectivity index (χ1n) is 4.97. The van der Waals surface area contributed by atoms with Crippen LogP contribution in [-0.2, 0) is 9.59 Å². The van der Waals surface area contributed by atoms with Gasteiger partial charge in [0.05, 0.1) is 17.7 Å². The van der Waals surface area contributed by atoms with Crippen molar-refractivity contribution in [3.05, 3.63) is 24.2 Å². The van der Waals surface area contributed by atoms with E-state index in [0.29, 0.717) is 5.76 Å². The minimum Gasteiger partial charge on any atom is -0.550 e. The van der Waals surface area contributed by atoms with Gasteiger partial charge in [-0.05, 0) is 12.1 Å². The van der Waals surface area contributed by atoms with Crippen LogP contribution in [0.2, 0.25) is 0 Å². The summed E-state index contributed by atoms with van der Waals surface area (Å²) in [6, 6.07) is 3.40. The highest BCUT2D eigenvalue weighted by atomic mass is 32.2. The molecule has 0 radical (unpaired) electrons. The predicted molar refractivity (Wildman–Crippen MR) is 62.9 cm³/mol. The van der Waals surface area contributed by atoms with Crippen LogP contribution in [0.3, 0.4) is 0 Å². The lowest BCUT2D eigenvalue weighted by molar-refractivity contribution is -0.305. The van der Waals surface area contributed by atoms with Crippen LogP contribution in [0.25, 0.3) is 0 Å². The van der Waals surface area contributed by atoms with Gasteiger partial charge in [-0.2, -0.15) is 5.10 Å². The molecule has 1 fully saturated rings. The molecular weight excluding hydrogens is 258 g/mol. The fourth-order valence-electron chi connectivity index (χ4n) is 1.24. The van der Waals surface area contributed by atoms with Crippen molar-refractivity contribution in [3.63, 3.8) is 0 Å². The molecule has 1 N–H and O–H groups in total. The lowest BCUT2D eigenvalue weighted by atomic mass is 10.3. The molecule has 0 aliphatic carbocycles. The zero-order valence-electron chi connectivity index (χ0n) is 9.03. The largest absolute Gasteiger partial charge is 0.550 e. The Balaban J connectivity index is 1.95. The summed E-state index contributed by atoms with van der Waals surface area (Å²) < 4.78 is 4.99. The molecule has 1 saturated heterocycles. The smallest absolute Gasteiger partial charge is 0.239 e. The van der Waals surface area contributed by atoms with Crippen molar-refractivity contribution in [1.29, 1.82) is 0 Å². The standard InChI is InChI=1S/C10H9N3O4S/c14-8(15)4-7-9(16)12-10(18-7)13-11-5-6-2-1-3-17-6/h1-3,5,7H,4H2,(H,14,15)(H,12,13,16)/p-1/b11-5-/t7-/m0/s1. The molecule has 0 saturated carbocycles. The van der Waals surface area contributed by atoms with Crippen molar-refractivity contribution in [2.45, 2.75) is 11.7 Å². The Morgan fingerprint density at radius 3 is 3.17 bits per heavy atom.